The lowest BCUT2D eigenvalue weighted by atomic mass is 9.84. The van der Waals surface area contributed by atoms with Crippen molar-refractivity contribution in [3.63, 3.8) is 0 Å². The average Bonchev–Trinajstić information content (AvgIpc) is 2.74. The van der Waals surface area contributed by atoms with Gasteiger partial charge in [0.15, 0.2) is 0 Å². The molecule has 0 aromatic heterocycles. The van der Waals surface area contributed by atoms with Gasteiger partial charge in [-0.3, -0.25) is 0 Å². The van der Waals surface area contributed by atoms with Crippen molar-refractivity contribution in [1.29, 1.82) is 0 Å². The van der Waals surface area contributed by atoms with Gasteiger partial charge < -0.3 is 10.1 Å². The second-order valence-corrected chi connectivity index (χ2v) is 6.86. The zero-order valence-corrected chi connectivity index (χ0v) is 15.0. The Kier molecular flexibility index (Phi) is 5.44. The van der Waals surface area contributed by atoms with Gasteiger partial charge in [0, 0.05) is 19.0 Å². The molecule has 0 saturated carbocycles. The highest BCUT2D eigenvalue weighted by molar-refractivity contribution is 5.67. The van der Waals surface area contributed by atoms with Crippen molar-refractivity contribution in [3.05, 3.63) is 96.1 Å². The van der Waals surface area contributed by atoms with Crippen molar-refractivity contribution in [1.82, 2.24) is 5.32 Å². The first-order valence-corrected chi connectivity index (χ1v) is 9.42. The number of morpholine rings is 1. The Morgan fingerprint density at radius 2 is 1.54 bits per heavy atom. The minimum atomic E-state index is 0.204. The van der Waals surface area contributed by atoms with Crippen molar-refractivity contribution >= 4 is 0 Å². The molecule has 0 bridgehead atoms. The summed E-state index contributed by atoms with van der Waals surface area (Å²) in [7, 11) is 0. The van der Waals surface area contributed by atoms with Gasteiger partial charge in [0.05, 0.1) is 12.7 Å². The Morgan fingerprint density at radius 3 is 2.27 bits per heavy atom. The van der Waals surface area contributed by atoms with Gasteiger partial charge >= 0.3 is 0 Å². The molecule has 1 saturated heterocycles. The van der Waals surface area contributed by atoms with Gasteiger partial charge in [0.25, 0.3) is 0 Å². The third kappa shape index (κ3) is 3.87. The highest BCUT2D eigenvalue weighted by Gasteiger charge is 2.26. The van der Waals surface area contributed by atoms with Gasteiger partial charge in [0.1, 0.15) is 0 Å². The molecular formula is C24H25NO. The van der Waals surface area contributed by atoms with Gasteiger partial charge in [0.2, 0.25) is 0 Å². The monoisotopic (exact) mass is 343 g/mol. The molecule has 26 heavy (non-hydrogen) atoms. The summed E-state index contributed by atoms with van der Waals surface area (Å²) >= 11 is 0. The average molecular weight is 343 g/mol. The molecule has 1 aliphatic heterocycles. The molecule has 2 atom stereocenters. The smallest absolute Gasteiger partial charge is 0.0771 e. The predicted octanol–water partition coefficient (Wildman–Crippen LogP) is 4.67. The molecule has 1 heterocycles. The second-order valence-electron chi connectivity index (χ2n) is 6.86. The van der Waals surface area contributed by atoms with Crippen LogP contribution in [0.25, 0.3) is 11.1 Å². The van der Waals surface area contributed by atoms with Crippen LogP contribution in [0.15, 0.2) is 84.9 Å². The molecule has 1 aliphatic rings. The first kappa shape index (κ1) is 17.0. The van der Waals surface area contributed by atoms with Crippen molar-refractivity contribution in [3.8, 4) is 11.1 Å². The number of nitrogens with one attached hydrogen (secondary N) is 1. The van der Waals surface area contributed by atoms with Gasteiger partial charge in [-0.25, -0.2) is 0 Å². The lowest BCUT2D eigenvalue weighted by Gasteiger charge is -2.32. The Morgan fingerprint density at radius 1 is 0.846 bits per heavy atom. The summed E-state index contributed by atoms with van der Waals surface area (Å²) in [5.41, 5.74) is 5.32. The Hall–Kier alpha value is -2.42. The lowest BCUT2D eigenvalue weighted by Crippen LogP contribution is -2.42. The van der Waals surface area contributed by atoms with Gasteiger partial charge in [-0.2, -0.15) is 0 Å². The lowest BCUT2D eigenvalue weighted by molar-refractivity contribution is 0.0110. The molecule has 2 heteroatoms. The predicted molar refractivity (Wildman–Crippen MR) is 107 cm³/mol. The third-order valence-corrected chi connectivity index (χ3v) is 5.17. The van der Waals surface area contributed by atoms with Crippen LogP contribution in [0.2, 0.25) is 0 Å². The van der Waals surface area contributed by atoms with Gasteiger partial charge in [-0.1, -0.05) is 84.9 Å². The highest BCUT2D eigenvalue weighted by Crippen LogP contribution is 2.32. The molecule has 0 radical (unpaired) electrons. The Labute approximate surface area is 155 Å². The Balaban J connectivity index is 1.68. The number of rotatable bonds is 5. The number of hydrogen-bond acceptors (Lipinski definition) is 2. The summed E-state index contributed by atoms with van der Waals surface area (Å²) in [5, 5.41) is 3.49. The van der Waals surface area contributed by atoms with E-state index in [9.17, 15) is 0 Å². The van der Waals surface area contributed by atoms with E-state index in [1.807, 2.05) is 0 Å². The third-order valence-electron chi connectivity index (χ3n) is 5.17. The van der Waals surface area contributed by atoms with E-state index in [-0.39, 0.29) is 6.10 Å². The summed E-state index contributed by atoms with van der Waals surface area (Å²) < 4.78 is 6.15. The largest absolute Gasteiger partial charge is 0.375 e. The van der Waals surface area contributed by atoms with Crippen LogP contribution < -0.4 is 5.32 Å². The van der Waals surface area contributed by atoms with E-state index in [0.29, 0.717) is 5.92 Å². The number of hydrogen-bond donors (Lipinski definition) is 1. The van der Waals surface area contributed by atoms with Crippen molar-refractivity contribution in [2.75, 3.05) is 19.7 Å². The van der Waals surface area contributed by atoms with Crippen LogP contribution in [0, 0.1) is 0 Å². The van der Waals surface area contributed by atoms with Gasteiger partial charge in [-0.05, 0) is 28.7 Å². The van der Waals surface area contributed by atoms with Crippen LogP contribution in [-0.4, -0.2) is 25.8 Å². The summed E-state index contributed by atoms with van der Waals surface area (Å²) in [4.78, 5) is 0. The number of ether oxygens (including phenoxy) is 1. The van der Waals surface area contributed by atoms with E-state index in [2.05, 4.69) is 90.2 Å². The molecule has 2 nitrogen and oxygen atoms in total. The van der Waals surface area contributed by atoms with E-state index in [1.165, 1.54) is 22.3 Å². The van der Waals surface area contributed by atoms with E-state index in [0.717, 1.165) is 26.1 Å². The summed E-state index contributed by atoms with van der Waals surface area (Å²) in [6, 6.07) is 30.2. The summed E-state index contributed by atoms with van der Waals surface area (Å²) in [6.07, 6.45) is 1.18. The summed E-state index contributed by atoms with van der Waals surface area (Å²) in [5.74, 6) is 0.342. The molecule has 4 rings (SSSR count). The van der Waals surface area contributed by atoms with E-state index < -0.39 is 0 Å². The molecule has 0 amide bonds. The molecule has 0 unspecified atom stereocenters. The highest BCUT2D eigenvalue weighted by atomic mass is 16.5. The van der Waals surface area contributed by atoms with E-state index in [4.69, 9.17) is 4.74 Å². The quantitative estimate of drug-likeness (QED) is 0.727. The SMILES string of the molecule is c1ccc(-c2ccccc2C[C@@H](c2ccccc2)[C@@H]2CNCCO2)cc1. The van der Waals surface area contributed by atoms with E-state index in [1.54, 1.807) is 0 Å². The van der Waals surface area contributed by atoms with Crippen LogP contribution in [0.3, 0.4) is 0 Å². The van der Waals surface area contributed by atoms with Crippen molar-refractivity contribution in [2.24, 2.45) is 0 Å². The topological polar surface area (TPSA) is 21.3 Å². The molecule has 1 N–H and O–H groups in total. The fraction of sp³-hybridized carbons (Fsp3) is 0.250. The van der Waals surface area contributed by atoms with Crippen LogP contribution in [-0.2, 0) is 11.2 Å². The van der Waals surface area contributed by atoms with Gasteiger partial charge in [-0.15, -0.1) is 0 Å². The Bertz CT molecular complexity index is 810. The maximum Gasteiger partial charge on any atom is 0.0771 e. The molecule has 0 aliphatic carbocycles. The molecule has 3 aromatic rings. The molecule has 132 valence electrons. The molecule has 1 fully saturated rings. The maximum atomic E-state index is 6.15. The van der Waals surface area contributed by atoms with Crippen LogP contribution >= 0.6 is 0 Å². The first-order chi connectivity index (χ1) is 12.9. The van der Waals surface area contributed by atoms with Crippen LogP contribution in [0.4, 0.5) is 0 Å². The second kappa shape index (κ2) is 8.31. The minimum absolute atomic E-state index is 0.204. The van der Waals surface area contributed by atoms with Crippen LogP contribution in [0.1, 0.15) is 17.0 Å². The fourth-order valence-electron chi connectivity index (χ4n) is 3.84. The first-order valence-electron chi connectivity index (χ1n) is 9.42. The number of benzene rings is 3. The van der Waals surface area contributed by atoms with Crippen molar-refractivity contribution in [2.45, 2.75) is 18.4 Å². The minimum Gasteiger partial charge on any atom is -0.375 e. The molecular weight excluding hydrogens is 318 g/mol. The van der Waals surface area contributed by atoms with Crippen LogP contribution in [0.5, 0.6) is 0 Å². The zero-order valence-electron chi connectivity index (χ0n) is 15.0. The van der Waals surface area contributed by atoms with E-state index >= 15 is 0 Å². The van der Waals surface area contributed by atoms with Crippen molar-refractivity contribution < 1.29 is 4.74 Å². The standard InChI is InChI=1S/C24H25NO/c1-3-9-19(10-4-1)22-14-8-7-13-21(22)17-23(20-11-5-2-6-12-20)24-18-25-15-16-26-24/h1-14,23-25H,15-18H2/t23-,24-/m0/s1. The maximum absolute atomic E-state index is 6.15. The zero-order chi connectivity index (χ0) is 17.6. The summed E-state index contributed by atoms with van der Waals surface area (Å²) in [6.45, 7) is 2.64. The fourth-order valence-corrected chi connectivity index (χ4v) is 3.84. The molecule has 0 spiro atoms. The molecule has 3 aromatic carbocycles. The normalized spacial score (nSPS) is 18.4.